The molecule has 0 fully saturated rings. The van der Waals surface area contributed by atoms with E-state index in [2.05, 4.69) is 5.32 Å². The summed E-state index contributed by atoms with van der Waals surface area (Å²) < 4.78 is 23.3. The molecule has 0 saturated carbocycles. The van der Waals surface area contributed by atoms with Crippen molar-refractivity contribution in [3.8, 4) is 11.5 Å². The molecule has 98 valence electrons. The molecule has 2 rings (SSSR count). The third kappa shape index (κ3) is 3.45. The van der Waals surface area contributed by atoms with Crippen molar-refractivity contribution >= 4 is 11.8 Å². The highest BCUT2D eigenvalue weighted by molar-refractivity contribution is 5.86. The largest absolute Gasteiger partial charge is 0.497 e. The molecule has 1 amide bonds. The van der Waals surface area contributed by atoms with Crippen molar-refractivity contribution in [2.24, 2.45) is 0 Å². The molecule has 0 unspecified atom stereocenters. The lowest BCUT2D eigenvalue weighted by atomic mass is 10.3. The van der Waals surface area contributed by atoms with Crippen molar-refractivity contribution in [2.75, 3.05) is 12.4 Å². The molecular formula is C14H12FNO3. The first-order valence-electron chi connectivity index (χ1n) is 5.56. The molecule has 4 nitrogen and oxygen atoms in total. The van der Waals surface area contributed by atoms with Gasteiger partial charge in [-0.25, -0.2) is 9.18 Å². The molecule has 0 spiro atoms. The Morgan fingerprint density at radius 2 is 1.68 bits per heavy atom. The minimum absolute atomic E-state index is 0.0704. The molecule has 0 aliphatic carbocycles. The van der Waals surface area contributed by atoms with Crippen LogP contribution in [0.1, 0.15) is 0 Å². The summed E-state index contributed by atoms with van der Waals surface area (Å²) >= 11 is 0. The summed E-state index contributed by atoms with van der Waals surface area (Å²) in [7, 11) is 1.54. The first-order valence-corrected chi connectivity index (χ1v) is 5.56. The second-order valence-electron chi connectivity index (χ2n) is 3.67. The number of hydrogen-bond donors (Lipinski definition) is 1. The summed E-state index contributed by atoms with van der Waals surface area (Å²) in [5, 5.41) is 2.32. The fraction of sp³-hybridized carbons (Fsp3) is 0.0714. The topological polar surface area (TPSA) is 47.6 Å². The number of carbonyl (C=O) groups is 1. The van der Waals surface area contributed by atoms with Crippen LogP contribution in [-0.2, 0) is 0 Å². The summed E-state index contributed by atoms with van der Waals surface area (Å²) in [5.41, 5.74) is 0.0704. The van der Waals surface area contributed by atoms with Gasteiger partial charge in [0.2, 0.25) is 0 Å². The highest BCUT2D eigenvalue weighted by Gasteiger charge is 2.08. The van der Waals surface area contributed by atoms with Crippen molar-refractivity contribution in [1.82, 2.24) is 0 Å². The highest BCUT2D eigenvalue weighted by Crippen LogP contribution is 2.18. The first kappa shape index (κ1) is 12.9. The number of ether oxygens (including phenoxy) is 2. The second kappa shape index (κ2) is 5.86. The summed E-state index contributed by atoms with van der Waals surface area (Å²) in [5.74, 6) is 0.477. The van der Waals surface area contributed by atoms with Gasteiger partial charge in [0.1, 0.15) is 17.3 Å². The van der Waals surface area contributed by atoms with Gasteiger partial charge in [-0.05, 0) is 36.4 Å². The van der Waals surface area contributed by atoms with E-state index in [0.29, 0.717) is 11.5 Å². The Morgan fingerprint density at radius 3 is 2.32 bits per heavy atom. The number of carbonyl (C=O) groups excluding carboxylic acids is 1. The van der Waals surface area contributed by atoms with Gasteiger partial charge in [-0.15, -0.1) is 0 Å². The van der Waals surface area contributed by atoms with Crippen LogP contribution in [0.25, 0.3) is 0 Å². The van der Waals surface area contributed by atoms with Crippen LogP contribution in [0.3, 0.4) is 0 Å². The minimum Gasteiger partial charge on any atom is -0.497 e. The van der Waals surface area contributed by atoms with Crippen LogP contribution in [0, 0.1) is 5.82 Å². The van der Waals surface area contributed by atoms with Gasteiger partial charge < -0.3 is 9.47 Å². The van der Waals surface area contributed by atoms with Gasteiger partial charge in [-0.1, -0.05) is 12.1 Å². The standard InChI is InChI=1S/C14H12FNO3/c1-18-10-6-8-11(9-7-10)19-14(17)16-13-5-3-2-4-12(13)15/h2-9H,1H3,(H,16,17). The van der Waals surface area contributed by atoms with Crippen molar-refractivity contribution in [3.05, 3.63) is 54.3 Å². The predicted molar refractivity (Wildman–Crippen MR) is 69.0 cm³/mol. The van der Waals surface area contributed by atoms with E-state index < -0.39 is 11.9 Å². The van der Waals surface area contributed by atoms with Crippen LogP contribution in [0.5, 0.6) is 11.5 Å². The number of para-hydroxylation sites is 1. The van der Waals surface area contributed by atoms with Crippen LogP contribution >= 0.6 is 0 Å². The lowest BCUT2D eigenvalue weighted by Gasteiger charge is -2.07. The molecule has 0 atom stereocenters. The van der Waals surface area contributed by atoms with Crippen LogP contribution in [0.15, 0.2) is 48.5 Å². The number of methoxy groups -OCH3 is 1. The number of anilines is 1. The maximum Gasteiger partial charge on any atom is 0.417 e. The van der Waals surface area contributed by atoms with E-state index >= 15 is 0 Å². The Kier molecular flexibility index (Phi) is 3.97. The van der Waals surface area contributed by atoms with Gasteiger partial charge in [0.15, 0.2) is 0 Å². The smallest absolute Gasteiger partial charge is 0.417 e. The average Bonchev–Trinajstić information content (AvgIpc) is 2.42. The van der Waals surface area contributed by atoms with Gasteiger partial charge in [0.25, 0.3) is 0 Å². The maximum atomic E-state index is 13.3. The summed E-state index contributed by atoms with van der Waals surface area (Å²) in [6.45, 7) is 0. The van der Waals surface area contributed by atoms with Gasteiger partial charge in [-0.3, -0.25) is 5.32 Å². The molecule has 0 aliphatic heterocycles. The molecule has 19 heavy (non-hydrogen) atoms. The van der Waals surface area contributed by atoms with E-state index in [4.69, 9.17) is 9.47 Å². The maximum absolute atomic E-state index is 13.3. The molecule has 2 aromatic rings. The summed E-state index contributed by atoms with van der Waals surface area (Å²) in [4.78, 5) is 11.6. The average molecular weight is 261 g/mol. The van der Waals surface area contributed by atoms with Crippen LogP contribution in [0.2, 0.25) is 0 Å². The molecule has 0 aliphatic rings. The Morgan fingerprint density at radius 1 is 1.05 bits per heavy atom. The molecule has 0 radical (unpaired) electrons. The molecular weight excluding hydrogens is 249 g/mol. The molecule has 1 N–H and O–H groups in total. The summed E-state index contributed by atoms with van der Waals surface area (Å²) in [6.07, 6.45) is -0.754. The fourth-order valence-corrected chi connectivity index (χ4v) is 1.45. The number of amides is 1. The number of rotatable bonds is 3. The van der Waals surface area contributed by atoms with E-state index in [-0.39, 0.29) is 5.69 Å². The molecule has 0 saturated heterocycles. The third-order valence-electron chi connectivity index (χ3n) is 2.38. The van der Waals surface area contributed by atoms with Gasteiger partial charge in [-0.2, -0.15) is 0 Å². The van der Waals surface area contributed by atoms with Crippen molar-refractivity contribution < 1.29 is 18.7 Å². The highest BCUT2D eigenvalue weighted by atomic mass is 19.1. The fourth-order valence-electron chi connectivity index (χ4n) is 1.45. The zero-order valence-corrected chi connectivity index (χ0v) is 10.2. The normalized spacial score (nSPS) is 9.79. The SMILES string of the molecule is COc1ccc(OC(=O)Nc2ccccc2F)cc1. The van der Waals surface area contributed by atoms with Gasteiger partial charge in [0.05, 0.1) is 12.8 Å². The number of nitrogens with one attached hydrogen (secondary N) is 1. The predicted octanol–water partition coefficient (Wildman–Crippen LogP) is 3.45. The van der Waals surface area contributed by atoms with Crippen molar-refractivity contribution in [1.29, 1.82) is 0 Å². The Hall–Kier alpha value is -2.56. The Balaban J connectivity index is 1.99. The number of halogens is 1. The molecule has 0 aromatic heterocycles. The number of benzene rings is 2. The Labute approximate surface area is 109 Å². The van der Waals surface area contributed by atoms with Crippen LogP contribution < -0.4 is 14.8 Å². The minimum atomic E-state index is -0.754. The van der Waals surface area contributed by atoms with Crippen molar-refractivity contribution in [2.45, 2.75) is 0 Å². The van der Waals surface area contributed by atoms with Crippen LogP contribution in [0.4, 0.5) is 14.9 Å². The van der Waals surface area contributed by atoms with E-state index in [1.807, 2.05) is 0 Å². The Bertz CT molecular complexity index is 569. The summed E-state index contributed by atoms with van der Waals surface area (Å²) in [6, 6.07) is 12.3. The molecule has 5 heteroatoms. The zero-order chi connectivity index (χ0) is 13.7. The third-order valence-corrected chi connectivity index (χ3v) is 2.38. The second-order valence-corrected chi connectivity index (χ2v) is 3.67. The molecule has 0 heterocycles. The number of hydrogen-bond acceptors (Lipinski definition) is 3. The van der Waals surface area contributed by atoms with Crippen LogP contribution in [-0.4, -0.2) is 13.2 Å². The lowest BCUT2D eigenvalue weighted by molar-refractivity contribution is 0.215. The molecule has 2 aromatic carbocycles. The van der Waals surface area contributed by atoms with E-state index in [9.17, 15) is 9.18 Å². The first-order chi connectivity index (χ1) is 9.19. The zero-order valence-electron chi connectivity index (χ0n) is 10.2. The quantitative estimate of drug-likeness (QED) is 0.920. The monoisotopic (exact) mass is 261 g/mol. The lowest BCUT2D eigenvalue weighted by Crippen LogP contribution is -2.17. The van der Waals surface area contributed by atoms with Gasteiger partial charge >= 0.3 is 6.09 Å². The van der Waals surface area contributed by atoms with E-state index in [1.165, 1.54) is 18.2 Å². The van der Waals surface area contributed by atoms with E-state index in [1.54, 1.807) is 37.4 Å². The molecule has 0 bridgehead atoms. The van der Waals surface area contributed by atoms with Crippen molar-refractivity contribution in [3.63, 3.8) is 0 Å². The van der Waals surface area contributed by atoms with E-state index in [0.717, 1.165) is 0 Å². The van der Waals surface area contributed by atoms with Gasteiger partial charge in [0, 0.05) is 0 Å².